The van der Waals surface area contributed by atoms with Crippen molar-refractivity contribution in [3.8, 4) is 0 Å². The van der Waals surface area contributed by atoms with E-state index >= 15 is 0 Å². The average molecular weight is 245 g/mol. The summed E-state index contributed by atoms with van der Waals surface area (Å²) in [6, 6.07) is -0.346. The van der Waals surface area contributed by atoms with E-state index in [9.17, 15) is 9.59 Å². The van der Waals surface area contributed by atoms with E-state index < -0.39 is 18.1 Å². The maximum absolute atomic E-state index is 11.6. The van der Waals surface area contributed by atoms with Crippen LogP contribution in [-0.4, -0.2) is 41.7 Å². The Hall–Kier alpha value is -1.14. The third kappa shape index (κ3) is 6.91. The number of hydrogen-bond donors (Lipinski definition) is 4. The van der Waals surface area contributed by atoms with Gasteiger partial charge in [0.2, 0.25) is 11.8 Å². The van der Waals surface area contributed by atoms with Gasteiger partial charge in [-0.1, -0.05) is 13.3 Å². The summed E-state index contributed by atoms with van der Waals surface area (Å²) in [5, 5.41) is 14.7. The van der Waals surface area contributed by atoms with Crippen LogP contribution in [0.25, 0.3) is 0 Å². The fraction of sp³-hybridized carbons (Fsp3) is 0.818. The van der Waals surface area contributed by atoms with Crippen LogP contribution >= 0.6 is 0 Å². The summed E-state index contributed by atoms with van der Waals surface area (Å²) in [6.07, 6.45) is 0.657. The highest BCUT2D eigenvalue weighted by Crippen LogP contribution is 1.95. The monoisotopic (exact) mass is 245 g/mol. The maximum atomic E-state index is 11.6. The van der Waals surface area contributed by atoms with Crippen LogP contribution in [-0.2, 0) is 9.59 Å². The first-order valence-corrected chi connectivity index (χ1v) is 5.89. The largest absolute Gasteiger partial charge is 0.382 e. The second-order valence-electron chi connectivity index (χ2n) is 4.25. The standard InChI is InChI=1S/C11H23N3O3/c1-4-5-7(2)14-11(17)8(3)13-6-9(15)10(12)16/h7-9,13,15H,4-6H2,1-3H3,(H2,12,16)(H,14,17). The molecule has 0 saturated carbocycles. The first-order valence-electron chi connectivity index (χ1n) is 5.89. The zero-order chi connectivity index (χ0) is 13.4. The number of aliphatic hydroxyl groups excluding tert-OH is 1. The Morgan fingerprint density at radius 2 is 1.94 bits per heavy atom. The SMILES string of the molecule is CCCC(C)NC(=O)C(C)NCC(O)C(N)=O. The highest BCUT2D eigenvalue weighted by atomic mass is 16.3. The van der Waals surface area contributed by atoms with E-state index in [4.69, 9.17) is 10.8 Å². The minimum Gasteiger partial charge on any atom is -0.382 e. The molecule has 100 valence electrons. The van der Waals surface area contributed by atoms with E-state index in [1.54, 1.807) is 6.92 Å². The Morgan fingerprint density at radius 3 is 2.41 bits per heavy atom. The van der Waals surface area contributed by atoms with E-state index in [1.807, 2.05) is 13.8 Å². The molecule has 6 heteroatoms. The molecule has 0 heterocycles. The molecule has 0 bridgehead atoms. The molecule has 0 aromatic heterocycles. The van der Waals surface area contributed by atoms with Crippen LogP contribution in [0.2, 0.25) is 0 Å². The minimum absolute atomic E-state index is 0.0217. The molecule has 0 aliphatic rings. The van der Waals surface area contributed by atoms with E-state index in [2.05, 4.69) is 10.6 Å². The molecule has 0 aromatic rings. The number of primary amides is 1. The van der Waals surface area contributed by atoms with E-state index in [0.29, 0.717) is 0 Å². The van der Waals surface area contributed by atoms with Gasteiger partial charge in [-0.3, -0.25) is 9.59 Å². The summed E-state index contributed by atoms with van der Waals surface area (Å²) in [6.45, 7) is 5.63. The van der Waals surface area contributed by atoms with Gasteiger partial charge in [0, 0.05) is 12.6 Å². The second kappa shape index (κ2) is 8.03. The molecule has 0 saturated heterocycles. The van der Waals surface area contributed by atoms with Gasteiger partial charge >= 0.3 is 0 Å². The quantitative estimate of drug-likeness (QED) is 0.445. The molecule has 5 N–H and O–H groups in total. The van der Waals surface area contributed by atoms with Gasteiger partial charge in [0.25, 0.3) is 0 Å². The fourth-order valence-corrected chi connectivity index (χ4v) is 1.35. The molecule has 0 aromatic carbocycles. The Morgan fingerprint density at radius 1 is 1.35 bits per heavy atom. The summed E-state index contributed by atoms with van der Waals surface area (Å²) in [5.74, 6) is -0.952. The maximum Gasteiger partial charge on any atom is 0.247 e. The van der Waals surface area contributed by atoms with Crippen molar-refractivity contribution in [2.75, 3.05) is 6.54 Å². The number of rotatable bonds is 8. The molecule has 0 rings (SSSR count). The van der Waals surface area contributed by atoms with Gasteiger partial charge in [-0.05, 0) is 20.3 Å². The van der Waals surface area contributed by atoms with Gasteiger partial charge in [0.05, 0.1) is 6.04 Å². The minimum atomic E-state index is -1.27. The normalized spacial score (nSPS) is 16.0. The highest BCUT2D eigenvalue weighted by Gasteiger charge is 2.17. The number of hydrogen-bond acceptors (Lipinski definition) is 4. The third-order valence-corrected chi connectivity index (χ3v) is 2.45. The molecule has 0 aliphatic carbocycles. The molecule has 0 radical (unpaired) electrons. The lowest BCUT2D eigenvalue weighted by molar-refractivity contribution is -0.127. The second-order valence-corrected chi connectivity index (χ2v) is 4.25. The molecule has 3 atom stereocenters. The predicted octanol–water partition coefficient (Wildman–Crippen LogP) is -0.884. The van der Waals surface area contributed by atoms with Crippen molar-refractivity contribution in [2.24, 2.45) is 5.73 Å². The third-order valence-electron chi connectivity index (χ3n) is 2.45. The topological polar surface area (TPSA) is 104 Å². The van der Waals surface area contributed by atoms with E-state index in [0.717, 1.165) is 12.8 Å². The van der Waals surface area contributed by atoms with Crippen molar-refractivity contribution in [3.63, 3.8) is 0 Å². The molecule has 0 spiro atoms. The van der Waals surface area contributed by atoms with Crippen molar-refractivity contribution in [2.45, 2.75) is 51.8 Å². The Bertz CT molecular complexity index is 258. The molecule has 6 nitrogen and oxygen atoms in total. The first kappa shape index (κ1) is 15.9. The van der Waals surface area contributed by atoms with Gasteiger partial charge in [-0.2, -0.15) is 0 Å². The van der Waals surface area contributed by atoms with Crippen molar-refractivity contribution in [1.82, 2.24) is 10.6 Å². The summed E-state index contributed by atoms with van der Waals surface area (Å²) < 4.78 is 0. The number of nitrogens with one attached hydrogen (secondary N) is 2. The Balaban J connectivity index is 3.93. The van der Waals surface area contributed by atoms with Gasteiger partial charge in [0.1, 0.15) is 6.10 Å². The van der Waals surface area contributed by atoms with Crippen LogP contribution in [0, 0.1) is 0 Å². The molecule has 0 fully saturated rings. The zero-order valence-electron chi connectivity index (χ0n) is 10.7. The van der Waals surface area contributed by atoms with Gasteiger partial charge in [-0.15, -0.1) is 0 Å². The van der Waals surface area contributed by atoms with Crippen LogP contribution in [0.4, 0.5) is 0 Å². The molecule has 0 aliphatic heterocycles. The van der Waals surface area contributed by atoms with Gasteiger partial charge < -0.3 is 21.5 Å². The smallest absolute Gasteiger partial charge is 0.247 e. The lowest BCUT2D eigenvalue weighted by Gasteiger charge is -2.18. The number of carbonyl (C=O) groups excluding carboxylic acids is 2. The summed E-state index contributed by atoms with van der Waals surface area (Å²) in [7, 11) is 0. The fourth-order valence-electron chi connectivity index (χ4n) is 1.35. The Labute approximate surface area is 102 Å². The van der Waals surface area contributed by atoms with Crippen LogP contribution in [0.15, 0.2) is 0 Å². The lowest BCUT2D eigenvalue weighted by Crippen LogP contribution is -2.49. The van der Waals surface area contributed by atoms with E-state index in [1.165, 1.54) is 0 Å². The predicted molar refractivity (Wildman–Crippen MR) is 65.2 cm³/mol. The number of aliphatic hydroxyl groups is 1. The first-order chi connectivity index (χ1) is 7.88. The molecular formula is C11H23N3O3. The van der Waals surface area contributed by atoms with Crippen LogP contribution < -0.4 is 16.4 Å². The number of nitrogens with two attached hydrogens (primary N) is 1. The van der Waals surface area contributed by atoms with Crippen molar-refractivity contribution in [3.05, 3.63) is 0 Å². The Kier molecular flexibility index (Phi) is 7.49. The summed E-state index contributed by atoms with van der Waals surface area (Å²) >= 11 is 0. The number of carbonyl (C=O) groups is 2. The van der Waals surface area contributed by atoms with Crippen molar-refractivity contribution >= 4 is 11.8 Å². The van der Waals surface area contributed by atoms with Gasteiger partial charge in [0.15, 0.2) is 0 Å². The molecule has 3 unspecified atom stereocenters. The molecule has 17 heavy (non-hydrogen) atoms. The summed E-state index contributed by atoms with van der Waals surface area (Å²) in [5.41, 5.74) is 4.89. The van der Waals surface area contributed by atoms with Crippen LogP contribution in [0.5, 0.6) is 0 Å². The van der Waals surface area contributed by atoms with Crippen molar-refractivity contribution in [1.29, 1.82) is 0 Å². The van der Waals surface area contributed by atoms with E-state index in [-0.39, 0.29) is 18.5 Å². The highest BCUT2D eigenvalue weighted by molar-refractivity contribution is 5.82. The van der Waals surface area contributed by atoms with Crippen LogP contribution in [0.1, 0.15) is 33.6 Å². The number of amides is 2. The van der Waals surface area contributed by atoms with Crippen molar-refractivity contribution < 1.29 is 14.7 Å². The van der Waals surface area contributed by atoms with Gasteiger partial charge in [-0.25, -0.2) is 0 Å². The average Bonchev–Trinajstić information content (AvgIpc) is 2.25. The lowest BCUT2D eigenvalue weighted by atomic mass is 10.2. The van der Waals surface area contributed by atoms with Crippen LogP contribution in [0.3, 0.4) is 0 Å². The molecular weight excluding hydrogens is 222 g/mol. The summed E-state index contributed by atoms with van der Waals surface area (Å²) in [4.78, 5) is 22.2. The zero-order valence-corrected chi connectivity index (χ0v) is 10.7. The molecule has 2 amide bonds.